The van der Waals surface area contributed by atoms with E-state index in [2.05, 4.69) is 4.98 Å². The third-order valence-electron chi connectivity index (χ3n) is 4.21. The summed E-state index contributed by atoms with van der Waals surface area (Å²) in [6.45, 7) is 5.35. The zero-order valence-electron chi connectivity index (χ0n) is 11.8. The van der Waals surface area contributed by atoms with Gasteiger partial charge in [-0.15, -0.1) is 11.6 Å². The molecule has 0 bridgehead atoms. The minimum atomic E-state index is -1.32. The van der Waals surface area contributed by atoms with Crippen LogP contribution < -0.4 is 11.4 Å². The molecule has 0 saturated carbocycles. The first kappa shape index (κ1) is 15.3. The van der Waals surface area contributed by atoms with Crippen molar-refractivity contribution >= 4 is 17.4 Å². The monoisotopic (exact) mass is 303 g/mol. The zero-order valence-corrected chi connectivity index (χ0v) is 12.5. The Bertz CT molecular complexity index is 559. The van der Waals surface area contributed by atoms with E-state index in [0.717, 1.165) is 4.57 Å². The fourth-order valence-corrected chi connectivity index (χ4v) is 3.07. The molecule has 2 rings (SSSR count). The quantitative estimate of drug-likeness (QED) is 0.867. The number of halogens is 2. The number of aryl methyl sites for hydroxylation is 1. The summed E-state index contributed by atoms with van der Waals surface area (Å²) in [7, 11) is 0. The summed E-state index contributed by atoms with van der Waals surface area (Å²) < 4.78 is 21.5. The number of ether oxygens (including phenoxy) is 1. The Morgan fingerprint density at radius 2 is 2.30 bits per heavy atom. The first-order valence-corrected chi connectivity index (χ1v) is 7.13. The Kier molecular flexibility index (Phi) is 4.07. The number of nitrogens with zero attached hydrogens (tertiary/aromatic N) is 2. The minimum Gasteiger partial charge on any atom is -0.383 e. The highest BCUT2D eigenvalue weighted by molar-refractivity contribution is 6.18. The summed E-state index contributed by atoms with van der Waals surface area (Å²) in [6, 6.07) is 0. The molecule has 112 valence electrons. The molecule has 2 N–H and O–H groups in total. The number of rotatable bonds is 3. The molecule has 0 spiro atoms. The molecule has 2 heterocycles. The summed E-state index contributed by atoms with van der Waals surface area (Å²) in [6.07, 6.45) is -0.279. The third kappa shape index (κ3) is 2.20. The normalized spacial score (nSPS) is 33.5. The van der Waals surface area contributed by atoms with E-state index in [4.69, 9.17) is 22.1 Å². The summed E-state index contributed by atoms with van der Waals surface area (Å²) in [4.78, 5) is 15.6. The van der Waals surface area contributed by atoms with E-state index in [1.807, 2.05) is 6.92 Å². The van der Waals surface area contributed by atoms with Gasteiger partial charge in [0, 0.05) is 17.7 Å². The molecule has 7 heteroatoms. The molecule has 0 aromatic carbocycles. The molecule has 20 heavy (non-hydrogen) atoms. The van der Waals surface area contributed by atoms with Crippen LogP contribution in [0.3, 0.4) is 0 Å². The number of anilines is 1. The second kappa shape index (κ2) is 5.33. The van der Waals surface area contributed by atoms with Crippen LogP contribution in [0.5, 0.6) is 0 Å². The Hall–Kier alpha value is -1.14. The van der Waals surface area contributed by atoms with Crippen LogP contribution in [0.15, 0.2) is 11.0 Å². The maximum absolute atomic E-state index is 14.5. The molecule has 1 aromatic heterocycles. The molecule has 4 atom stereocenters. The first-order valence-electron chi connectivity index (χ1n) is 6.59. The van der Waals surface area contributed by atoms with Crippen molar-refractivity contribution in [2.24, 2.45) is 5.92 Å². The zero-order chi connectivity index (χ0) is 15.1. The van der Waals surface area contributed by atoms with Crippen molar-refractivity contribution in [2.45, 2.75) is 45.2 Å². The molecule has 1 aliphatic heterocycles. The van der Waals surface area contributed by atoms with Gasteiger partial charge in [0.1, 0.15) is 5.82 Å². The predicted molar refractivity (Wildman–Crippen MR) is 75.6 cm³/mol. The maximum atomic E-state index is 14.5. The van der Waals surface area contributed by atoms with Gasteiger partial charge >= 0.3 is 5.69 Å². The van der Waals surface area contributed by atoms with Gasteiger partial charge in [-0.25, -0.2) is 9.18 Å². The molecule has 1 aliphatic rings. The topological polar surface area (TPSA) is 70.1 Å². The van der Waals surface area contributed by atoms with Crippen molar-refractivity contribution in [3.8, 4) is 0 Å². The van der Waals surface area contributed by atoms with Crippen LogP contribution in [0.1, 0.15) is 32.1 Å². The van der Waals surface area contributed by atoms with Crippen molar-refractivity contribution in [2.75, 3.05) is 11.6 Å². The van der Waals surface area contributed by atoms with Gasteiger partial charge in [-0.3, -0.25) is 4.57 Å². The van der Waals surface area contributed by atoms with Crippen molar-refractivity contribution in [3.63, 3.8) is 0 Å². The maximum Gasteiger partial charge on any atom is 0.351 e. The SMILES string of the molecule is CC[C@@]1(CCl)O[C@@H](n2cc(C)c(N)nc2=O)[C@H](F)[C@@H]1C. The average molecular weight is 304 g/mol. The van der Waals surface area contributed by atoms with E-state index in [1.165, 1.54) is 6.20 Å². The van der Waals surface area contributed by atoms with Crippen LogP contribution in [0.25, 0.3) is 0 Å². The Balaban J connectivity index is 2.45. The number of nitrogen functional groups attached to an aromatic ring is 1. The highest BCUT2D eigenvalue weighted by Crippen LogP contribution is 2.45. The highest BCUT2D eigenvalue weighted by Gasteiger charge is 2.52. The minimum absolute atomic E-state index is 0.145. The van der Waals surface area contributed by atoms with Gasteiger partial charge < -0.3 is 10.5 Å². The number of hydrogen-bond donors (Lipinski definition) is 1. The second-order valence-corrected chi connectivity index (χ2v) is 5.56. The van der Waals surface area contributed by atoms with Crippen molar-refractivity contribution in [1.29, 1.82) is 0 Å². The number of hydrogen-bond acceptors (Lipinski definition) is 4. The van der Waals surface area contributed by atoms with Crippen LogP contribution in [0, 0.1) is 12.8 Å². The van der Waals surface area contributed by atoms with Gasteiger partial charge in [-0.05, 0) is 13.3 Å². The van der Waals surface area contributed by atoms with Gasteiger partial charge in [-0.1, -0.05) is 13.8 Å². The lowest BCUT2D eigenvalue weighted by molar-refractivity contribution is -0.0788. The molecule has 1 fully saturated rings. The Morgan fingerprint density at radius 3 is 2.80 bits per heavy atom. The van der Waals surface area contributed by atoms with Gasteiger partial charge in [0.2, 0.25) is 0 Å². The van der Waals surface area contributed by atoms with Gasteiger partial charge in [0.25, 0.3) is 0 Å². The lowest BCUT2D eigenvalue weighted by Crippen LogP contribution is -2.37. The van der Waals surface area contributed by atoms with Crippen LogP contribution in [-0.4, -0.2) is 27.2 Å². The molecule has 5 nitrogen and oxygen atoms in total. The smallest absolute Gasteiger partial charge is 0.351 e. The molecule has 0 unspecified atom stereocenters. The summed E-state index contributed by atoms with van der Waals surface area (Å²) in [5, 5.41) is 0. The fraction of sp³-hybridized carbons (Fsp3) is 0.692. The van der Waals surface area contributed by atoms with Crippen molar-refractivity contribution in [1.82, 2.24) is 9.55 Å². The van der Waals surface area contributed by atoms with E-state index >= 15 is 0 Å². The van der Waals surface area contributed by atoms with Gasteiger partial charge in [-0.2, -0.15) is 4.98 Å². The predicted octanol–water partition coefficient (Wildman–Crippen LogP) is 2.02. The van der Waals surface area contributed by atoms with Gasteiger partial charge in [0.05, 0.1) is 11.5 Å². The number of alkyl halides is 2. The van der Waals surface area contributed by atoms with Crippen molar-refractivity contribution < 1.29 is 9.13 Å². The molecule has 1 saturated heterocycles. The lowest BCUT2D eigenvalue weighted by Gasteiger charge is -2.29. The van der Waals surface area contributed by atoms with E-state index in [1.54, 1.807) is 13.8 Å². The fourth-order valence-electron chi connectivity index (χ4n) is 2.57. The largest absolute Gasteiger partial charge is 0.383 e. The molecule has 1 aromatic rings. The van der Waals surface area contributed by atoms with Gasteiger partial charge in [0.15, 0.2) is 12.4 Å². The molecule has 0 amide bonds. The van der Waals surface area contributed by atoms with Crippen LogP contribution in [0.4, 0.5) is 10.2 Å². The lowest BCUT2D eigenvalue weighted by atomic mass is 9.87. The standard InChI is InChI=1S/C13H19ClFN3O2/c1-4-13(6-14)8(3)9(15)11(20-13)18-5-7(2)10(16)17-12(18)19/h5,8-9,11H,4,6H2,1-3H3,(H2,16,17,19)/t8-,9+,11+,13-/m0/s1. The van der Waals surface area contributed by atoms with E-state index in [0.29, 0.717) is 12.0 Å². The number of nitrogens with two attached hydrogens (primary N) is 1. The summed E-state index contributed by atoms with van der Waals surface area (Å²) >= 11 is 5.96. The van der Waals surface area contributed by atoms with E-state index in [9.17, 15) is 9.18 Å². The molecular weight excluding hydrogens is 285 g/mol. The third-order valence-corrected chi connectivity index (χ3v) is 4.66. The van der Waals surface area contributed by atoms with E-state index < -0.39 is 29.6 Å². The number of aromatic nitrogens is 2. The molecule has 0 aliphatic carbocycles. The average Bonchev–Trinajstić information content (AvgIpc) is 2.68. The van der Waals surface area contributed by atoms with Crippen molar-refractivity contribution in [3.05, 3.63) is 22.2 Å². The molecule has 0 radical (unpaired) electrons. The second-order valence-electron chi connectivity index (χ2n) is 5.29. The van der Waals surface area contributed by atoms with Crippen LogP contribution in [-0.2, 0) is 4.74 Å². The Morgan fingerprint density at radius 1 is 1.65 bits per heavy atom. The van der Waals surface area contributed by atoms with Crippen LogP contribution >= 0.6 is 11.6 Å². The molecular formula is C13H19ClFN3O2. The van der Waals surface area contributed by atoms with E-state index in [-0.39, 0.29) is 11.7 Å². The van der Waals surface area contributed by atoms with Crippen LogP contribution in [0.2, 0.25) is 0 Å². The first-order chi connectivity index (χ1) is 9.36. The summed E-state index contributed by atoms with van der Waals surface area (Å²) in [5.74, 6) is -0.0795. The summed E-state index contributed by atoms with van der Waals surface area (Å²) in [5.41, 5.74) is 4.80. The Labute approximate surface area is 121 Å². The highest BCUT2D eigenvalue weighted by atomic mass is 35.5.